The van der Waals surface area contributed by atoms with Gasteiger partial charge in [-0.25, -0.2) is 5.90 Å². The minimum Gasteiger partial charge on any atom is -0.351 e. The summed E-state index contributed by atoms with van der Waals surface area (Å²) in [6.45, 7) is 0.628. The van der Waals surface area contributed by atoms with Crippen molar-refractivity contribution in [3.05, 3.63) is 36.0 Å². The van der Waals surface area contributed by atoms with Gasteiger partial charge in [0, 0.05) is 24.2 Å². The van der Waals surface area contributed by atoms with Crippen molar-refractivity contribution in [1.29, 1.82) is 0 Å². The molecule has 2 N–H and O–H groups in total. The predicted octanol–water partition coefficient (Wildman–Crippen LogP) is 2.10. The number of nitrogens with two attached hydrogens (primary N) is 1. The van der Waals surface area contributed by atoms with E-state index >= 15 is 0 Å². The molecule has 0 aliphatic heterocycles. The average Bonchev–Trinajstić information content (AvgIpc) is 2.99. The first-order valence-electron chi connectivity index (χ1n) is 5.62. The normalized spacial score (nSPS) is 17.9. The zero-order valence-electron chi connectivity index (χ0n) is 9.44. The van der Waals surface area contributed by atoms with Gasteiger partial charge in [0.15, 0.2) is 0 Å². The second kappa shape index (κ2) is 3.34. The van der Waals surface area contributed by atoms with Crippen molar-refractivity contribution in [2.45, 2.75) is 18.3 Å². The van der Waals surface area contributed by atoms with Crippen molar-refractivity contribution in [3.8, 4) is 0 Å². The lowest BCUT2D eigenvalue weighted by molar-refractivity contribution is 0.116. The molecule has 3 heteroatoms. The number of fused-ring (bicyclic) bond motifs is 1. The molecule has 1 aliphatic rings. The number of aryl methyl sites for hydroxylation is 1. The molecule has 1 heterocycles. The molecule has 0 saturated heterocycles. The Morgan fingerprint density at radius 1 is 1.38 bits per heavy atom. The fourth-order valence-electron chi connectivity index (χ4n) is 2.42. The zero-order valence-corrected chi connectivity index (χ0v) is 9.44. The number of benzene rings is 1. The van der Waals surface area contributed by atoms with Crippen molar-refractivity contribution < 1.29 is 4.84 Å². The van der Waals surface area contributed by atoms with E-state index in [1.54, 1.807) is 0 Å². The maximum atomic E-state index is 5.21. The summed E-state index contributed by atoms with van der Waals surface area (Å²) in [7, 11) is 2.07. The second-order valence-electron chi connectivity index (χ2n) is 4.79. The molecule has 16 heavy (non-hydrogen) atoms. The summed E-state index contributed by atoms with van der Waals surface area (Å²) < 4.78 is 2.15. The lowest BCUT2D eigenvalue weighted by Crippen LogP contribution is -2.18. The quantitative estimate of drug-likeness (QED) is 0.798. The van der Waals surface area contributed by atoms with Gasteiger partial charge in [-0.05, 0) is 35.9 Å². The van der Waals surface area contributed by atoms with Gasteiger partial charge in [0.2, 0.25) is 0 Å². The van der Waals surface area contributed by atoms with Crippen LogP contribution in [0, 0.1) is 0 Å². The van der Waals surface area contributed by atoms with Crippen molar-refractivity contribution in [2.24, 2.45) is 12.9 Å². The molecule has 1 aromatic heterocycles. The summed E-state index contributed by atoms with van der Waals surface area (Å²) >= 11 is 0. The monoisotopic (exact) mass is 216 g/mol. The molecule has 1 aliphatic carbocycles. The van der Waals surface area contributed by atoms with Gasteiger partial charge >= 0.3 is 0 Å². The van der Waals surface area contributed by atoms with E-state index in [9.17, 15) is 0 Å². The zero-order chi connectivity index (χ0) is 11.2. The summed E-state index contributed by atoms with van der Waals surface area (Å²) in [4.78, 5) is 4.84. The molecule has 3 nitrogen and oxygen atoms in total. The maximum absolute atomic E-state index is 5.21. The molecular weight excluding hydrogens is 200 g/mol. The van der Waals surface area contributed by atoms with Crippen LogP contribution in [0.4, 0.5) is 0 Å². The number of aromatic nitrogens is 1. The third-order valence-electron chi connectivity index (χ3n) is 3.71. The maximum Gasteiger partial charge on any atom is 0.0775 e. The van der Waals surface area contributed by atoms with E-state index in [1.807, 2.05) is 0 Å². The topological polar surface area (TPSA) is 40.2 Å². The summed E-state index contributed by atoms with van der Waals surface area (Å²) in [5.74, 6) is 5.21. The van der Waals surface area contributed by atoms with Crippen LogP contribution in [0.15, 0.2) is 30.5 Å². The van der Waals surface area contributed by atoms with Crippen LogP contribution in [0.5, 0.6) is 0 Å². The summed E-state index contributed by atoms with van der Waals surface area (Å²) in [6, 6.07) is 8.79. The van der Waals surface area contributed by atoms with E-state index in [0.29, 0.717) is 6.61 Å². The molecule has 3 rings (SSSR count). The Morgan fingerprint density at radius 3 is 2.88 bits per heavy atom. The minimum absolute atomic E-state index is 0.188. The SMILES string of the molecule is Cn1ccc2ccc(C3(CON)CC3)cc21. The molecule has 0 amide bonds. The Labute approximate surface area is 94.8 Å². The van der Waals surface area contributed by atoms with Crippen LogP contribution in [0.2, 0.25) is 0 Å². The third kappa shape index (κ3) is 1.36. The average molecular weight is 216 g/mol. The number of rotatable bonds is 3. The first kappa shape index (κ1) is 9.87. The van der Waals surface area contributed by atoms with Crippen LogP contribution >= 0.6 is 0 Å². The Morgan fingerprint density at radius 2 is 2.19 bits per heavy atom. The molecule has 1 saturated carbocycles. The molecule has 0 atom stereocenters. The lowest BCUT2D eigenvalue weighted by Gasteiger charge is -2.14. The summed E-state index contributed by atoms with van der Waals surface area (Å²) in [5, 5.41) is 1.29. The van der Waals surface area contributed by atoms with E-state index in [2.05, 4.69) is 42.1 Å². The van der Waals surface area contributed by atoms with Gasteiger partial charge in [0.25, 0.3) is 0 Å². The van der Waals surface area contributed by atoms with Crippen LogP contribution in [0.1, 0.15) is 18.4 Å². The third-order valence-corrected chi connectivity index (χ3v) is 3.71. The second-order valence-corrected chi connectivity index (χ2v) is 4.79. The number of hydrogen-bond donors (Lipinski definition) is 1. The van der Waals surface area contributed by atoms with E-state index in [0.717, 1.165) is 0 Å². The molecule has 84 valence electrons. The largest absolute Gasteiger partial charge is 0.351 e. The summed E-state index contributed by atoms with van der Waals surface area (Å²) in [6.07, 6.45) is 4.45. The van der Waals surface area contributed by atoms with Gasteiger partial charge in [0.05, 0.1) is 6.61 Å². The van der Waals surface area contributed by atoms with Gasteiger partial charge in [-0.2, -0.15) is 0 Å². The van der Waals surface area contributed by atoms with Crippen LogP contribution in [0.25, 0.3) is 10.9 Å². The number of nitrogens with zero attached hydrogens (tertiary/aromatic N) is 1. The van der Waals surface area contributed by atoms with Gasteiger partial charge < -0.3 is 9.40 Å². The fourth-order valence-corrected chi connectivity index (χ4v) is 2.42. The first-order chi connectivity index (χ1) is 7.75. The van der Waals surface area contributed by atoms with E-state index in [4.69, 9.17) is 10.7 Å². The van der Waals surface area contributed by atoms with Crippen molar-refractivity contribution in [3.63, 3.8) is 0 Å². The molecule has 0 unspecified atom stereocenters. The number of hydrogen-bond acceptors (Lipinski definition) is 2. The molecule has 1 fully saturated rings. The summed E-state index contributed by atoms with van der Waals surface area (Å²) in [5.41, 5.74) is 2.82. The Hall–Kier alpha value is -1.32. The molecule has 0 bridgehead atoms. The molecular formula is C13H16N2O. The Kier molecular flexibility index (Phi) is 2.06. The van der Waals surface area contributed by atoms with Gasteiger partial charge in [0.1, 0.15) is 0 Å². The van der Waals surface area contributed by atoms with Crippen molar-refractivity contribution in [1.82, 2.24) is 4.57 Å². The fraction of sp³-hybridized carbons (Fsp3) is 0.385. The van der Waals surface area contributed by atoms with E-state index in [-0.39, 0.29) is 5.41 Å². The van der Waals surface area contributed by atoms with Gasteiger partial charge in [-0.3, -0.25) is 0 Å². The molecule has 1 aromatic carbocycles. The van der Waals surface area contributed by atoms with Gasteiger partial charge in [-0.1, -0.05) is 12.1 Å². The highest BCUT2D eigenvalue weighted by Gasteiger charge is 2.44. The standard InChI is InChI=1S/C13H16N2O/c1-15-7-4-10-2-3-11(8-12(10)15)13(5-6-13)9-16-14/h2-4,7-8H,5-6,9,14H2,1H3. The van der Waals surface area contributed by atoms with E-state index < -0.39 is 0 Å². The highest BCUT2D eigenvalue weighted by Crippen LogP contribution is 2.48. The van der Waals surface area contributed by atoms with E-state index in [1.165, 1.54) is 29.3 Å². The van der Waals surface area contributed by atoms with Crippen LogP contribution in [0.3, 0.4) is 0 Å². The minimum atomic E-state index is 0.188. The van der Waals surface area contributed by atoms with Gasteiger partial charge in [-0.15, -0.1) is 0 Å². The predicted molar refractivity (Wildman–Crippen MR) is 64.0 cm³/mol. The Balaban J connectivity index is 2.08. The molecule has 2 aromatic rings. The van der Waals surface area contributed by atoms with Crippen molar-refractivity contribution in [2.75, 3.05) is 6.61 Å². The van der Waals surface area contributed by atoms with Crippen LogP contribution in [-0.4, -0.2) is 11.2 Å². The lowest BCUT2D eigenvalue weighted by atomic mass is 9.96. The highest BCUT2D eigenvalue weighted by molar-refractivity contribution is 5.81. The smallest absolute Gasteiger partial charge is 0.0775 e. The highest BCUT2D eigenvalue weighted by atomic mass is 16.6. The van der Waals surface area contributed by atoms with Crippen molar-refractivity contribution >= 4 is 10.9 Å². The van der Waals surface area contributed by atoms with Crippen LogP contribution < -0.4 is 5.90 Å². The molecule has 0 spiro atoms. The van der Waals surface area contributed by atoms with Crippen LogP contribution in [-0.2, 0) is 17.3 Å². The first-order valence-corrected chi connectivity index (χ1v) is 5.62. The Bertz CT molecular complexity index is 526. The molecule has 0 radical (unpaired) electrons.